The van der Waals surface area contributed by atoms with Crippen LogP contribution in [0, 0.1) is 0 Å². The van der Waals surface area contributed by atoms with Crippen molar-refractivity contribution < 1.29 is 8.42 Å². The zero-order chi connectivity index (χ0) is 13.5. The van der Waals surface area contributed by atoms with E-state index in [1.54, 1.807) is 22.5 Å². The molecule has 1 heterocycles. The summed E-state index contributed by atoms with van der Waals surface area (Å²) in [6.45, 7) is 1.25. The highest BCUT2D eigenvalue weighted by Crippen LogP contribution is 2.26. The summed E-state index contributed by atoms with van der Waals surface area (Å²) < 4.78 is 26.4. The van der Waals surface area contributed by atoms with E-state index in [-0.39, 0.29) is 0 Å². The first-order valence-corrected chi connectivity index (χ1v) is 8.09. The van der Waals surface area contributed by atoms with E-state index in [2.05, 4.69) is 0 Å². The van der Waals surface area contributed by atoms with Crippen molar-refractivity contribution in [2.45, 2.75) is 17.7 Å². The van der Waals surface area contributed by atoms with Gasteiger partial charge in [0.05, 0.1) is 4.90 Å². The summed E-state index contributed by atoms with van der Waals surface area (Å²) in [5, 5.41) is 2.50. The van der Waals surface area contributed by atoms with Gasteiger partial charge in [0.2, 0.25) is 10.0 Å². The van der Waals surface area contributed by atoms with E-state index in [4.69, 9.17) is 11.6 Å². The Bertz CT molecular complexity index is 721. The van der Waals surface area contributed by atoms with Gasteiger partial charge >= 0.3 is 0 Å². The van der Waals surface area contributed by atoms with Gasteiger partial charge in [-0.25, -0.2) is 8.42 Å². The number of hydrogen-bond donors (Lipinski definition) is 0. The molecule has 19 heavy (non-hydrogen) atoms. The second kappa shape index (κ2) is 4.78. The molecule has 0 N–H and O–H groups in total. The predicted octanol–water partition coefficient (Wildman–Crippen LogP) is 3.28. The van der Waals surface area contributed by atoms with Crippen molar-refractivity contribution >= 4 is 32.4 Å². The first kappa shape index (κ1) is 12.9. The summed E-state index contributed by atoms with van der Waals surface area (Å²) in [7, 11) is -3.34. The van der Waals surface area contributed by atoms with Gasteiger partial charge in [0.1, 0.15) is 0 Å². The van der Waals surface area contributed by atoms with Crippen molar-refractivity contribution in [2.24, 2.45) is 0 Å². The normalized spacial score (nSPS) is 17.1. The van der Waals surface area contributed by atoms with E-state index in [0.717, 1.165) is 23.6 Å². The minimum atomic E-state index is -3.34. The molecule has 0 spiro atoms. The maximum absolute atomic E-state index is 12.4. The average Bonchev–Trinajstić information content (AvgIpc) is 2.92. The van der Waals surface area contributed by atoms with Crippen molar-refractivity contribution in [2.75, 3.05) is 13.1 Å². The van der Waals surface area contributed by atoms with E-state index in [0.29, 0.717) is 23.0 Å². The van der Waals surface area contributed by atoms with Crippen molar-refractivity contribution in [1.29, 1.82) is 0 Å². The van der Waals surface area contributed by atoms with Crippen molar-refractivity contribution in [3.8, 4) is 0 Å². The lowest BCUT2D eigenvalue weighted by Gasteiger charge is -2.15. The van der Waals surface area contributed by atoms with Crippen molar-refractivity contribution in [3.05, 3.63) is 41.4 Å². The van der Waals surface area contributed by atoms with E-state index in [1.807, 2.05) is 18.2 Å². The SMILES string of the molecule is O=S(=O)(c1ccc2cc(Cl)ccc2c1)N1CCCC1. The van der Waals surface area contributed by atoms with Gasteiger partial charge in [0.25, 0.3) is 0 Å². The van der Waals surface area contributed by atoms with E-state index in [1.165, 1.54) is 0 Å². The summed E-state index contributed by atoms with van der Waals surface area (Å²) >= 11 is 5.93. The van der Waals surface area contributed by atoms with Crippen LogP contribution in [0.25, 0.3) is 10.8 Å². The highest BCUT2D eigenvalue weighted by atomic mass is 35.5. The van der Waals surface area contributed by atoms with Crippen LogP contribution < -0.4 is 0 Å². The van der Waals surface area contributed by atoms with Gasteiger partial charge in [-0.3, -0.25) is 0 Å². The summed E-state index contributed by atoms with van der Waals surface area (Å²) in [6, 6.07) is 10.6. The molecule has 1 saturated heterocycles. The third kappa shape index (κ3) is 2.36. The molecule has 0 aromatic heterocycles. The molecule has 0 aliphatic carbocycles. The molecule has 2 aromatic carbocycles. The second-order valence-electron chi connectivity index (χ2n) is 4.76. The molecule has 5 heteroatoms. The number of halogens is 1. The Morgan fingerprint density at radius 1 is 0.947 bits per heavy atom. The van der Waals surface area contributed by atoms with Crippen LogP contribution in [0.5, 0.6) is 0 Å². The Morgan fingerprint density at radius 2 is 1.58 bits per heavy atom. The number of benzene rings is 2. The van der Waals surface area contributed by atoms with Gasteiger partial charge in [0.15, 0.2) is 0 Å². The standard InChI is InChI=1S/C14H14ClNO2S/c15-13-5-3-12-10-14(6-4-11(12)9-13)19(17,18)16-7-1-2-8-16/h3-6,9-10H,1-2,7-8H2. The Hall–Kier alpha value is -1.10. The molecule has 0 unspecified atom stereocenters. The number of hydrogen-bond acceptors (Lipinski definition) is 2. The maximum atomic E-state index is 12.4. The molecule has 0 bridgehead atoms. The van der Waals surface area contributed by atoms with Gasteiger partial charge in [-0.15, -0.1) is 0 Å². The van der Waals surface area contributed by atoms with Gasteiger partial charge in [-0.1, -0.05) is 23.7 Å². The minimum Gasteiger partial charge on any atom is -0.207 e. The molecule has 2 aromatic rings. The van der Waals surface area contributed by atoms with Crippen LogP contribution in [0.4, 0.5) is 0 Å². The molecular weight excluding hydrogens is 282 g/mol. The molecule has 1 aliphatic rings. The molecule has 1 aliphatic heterocycles. The predicted molar refractivity (Wildman–Crippen MR) is 77.0 cm³/mol. The third-order valence-electron chi connectivity index (χ3n) is 3.48. The monoisotopic (exact) mass is 295 g/mol. The average molecular weight is 296 g/mol. The quantitative estimate of drug-likeness (QED) is 0.852. The highest BCUT2D eigenvalue weighted by molar-refractivity contribution is 7.89. The van der Waals surface area contributed by atoms with Crippen LogP contribution >= 0.6 is 11.6 Å². The largest absolute Gasteiger partial charge is 0.243 e. The Balaban J connectivity index is 2.08. The van der Waals surface area contributed by atoms with Crippen LogP contribution in [0.15, 0.2) is 41.3 Å². The van der Waals surface area contributed by atoms with E-state index >= 15 is 0 Å². The second-order valence-corrected chi connectivity index (χ2v) is 7.14. The Morgan fingerprint density at radius 3 is 2.32 bits per heavy atom. The lowest BCUT2D eigenvalue weighted by molar-refractivity contribution is 0.477. The lowest BCUT2D eigenvalue weighted by Crippen LogP contribution is -2.27. The zero-order valence-corrected chi connectivity index (χ0v) is 11.9. The van der Waals surface area contributed by atoms with Crippen LogP contribution in [0.3, 0.4) is 0 Å². The lowest BCUT2D eigenvalue weighted by atomic mass is 10.1. The molecule has 3 nitrogen and oxygen atoms in total. The first-order chi connectivity index (χ1) is 9.07. The molecule has 0 amide bonds. The van der Waals surface area contributed by atoms with Crippen LogP contribution in [-0.2, 0) is 10.0 Å². The summed E-state index contributed by atoms with van der Waals surface area (Å²) in [4.78, 5) is 0.365. The fraction of sp³-hybridized carbons (Fsp3) is 0.286. The van der Waals surface area contributed by atoms with E-state index in [9.17, 15) is 8.42 Å². The van der Waals surface area contributed by atoms with Crippen LogP contribution in [0.1, 0.15) is 12.8 Å². The maximum Gasteiger partial charge on any atom is 0.243 e. The molecular formula is C14H14ClNO2S. The van der Waals surface area contributed by atoms with E-state index < -0.39 is 10.0 Å². The molecule has 0 saturated carbocycles. The Labute approximate surface area is 117 Å². The van der Waals surface area contributed by atoms with Gasteiger partial charge < -0.3 is 0 Å². The topological polar surface area (TPSA) is 37.4 Å². The number of nitrogens with zero attached hydrogens (tertiary/aromatic N) is 1. The van der Waals surface area contributed by atoms with Crippen LogP contribution in [-0.4, -0.2) is 25.8 Å². The number of sulfonamides is 1. The zero-order valence-electron chi connectivity index (χ0n) is 10.3. The van der Waals surface area contributed by atoms with Gasteiger partial charge in [-0.05, 0) is 47.9 Å². The Kier molecular flexibility index (Phi) is 3.25. The van der Waals surface area contributed by atoms with Crippen molar-refractivity contribution in [3.63, 3.8) is 0 Å². The number of fused-ring (bicyclic) bond motifs is 1. The molecule has 1 fully saturated rings. The van der Waals surface area contributed by atoms with Gasteiger partial charge in [-0.2, -0.15) is 4.31 Å². The molecule has 0 radical (unpaired) electrons. The van der Waals surface area contributed by atoms with Crippen molar-refractivity contribution in [1.82, 2.24) is 4.31 Å². The summed E-state index contributed by atoms with van der Waals surface area (Å²) in [5.41, 5.74) is 0. The third-order valence-corrected chi connectivity index (χ3v) is 5.61. The smallest absolute Gasteiger partial charge is 0.207 e. The van der Waals surface area contributed by atoms with Crippen LogP contribution in [0.2, 0.25) is 5.02 Å². The van der Waals surface area contributed by atoms with Gasteiger partial charge in [0, 0.05) is 18.1 Å². The minimum absolute atomic E-state index is 0.365. The summed E-state index contributed by atoms with van der Waals surface area (Å²) in [5.74, 6) is 0. The first-order valence-electron chi connectivity index (χ1n) is 6.27. The fourth-order valence-corrected chi connectivity index (χ4v) is 4.17. The fourth-order valence-electron chi connectivity index (χ4n) is 2.43. The number of rotatable bonds is 2. The molecule has 100 valence electrons. The highest BCUT2D eigenvalue weighted by Gasteiger charge is 2.27. The molecule has 3 rings (SSSR count). The summed E-state index contributed by atoms with van der Waals surface area (Å²) in [6.07, 6.45) is 1.89. The molecule has 0 atom stereocenters.